The number of terminal acetylenes is 1. The first-order valence-electron chi connectivity index (χ1n) is 5.70. The van der Waals surface area contributed by atoms with Gasteiger partial charge in [-0.15, -0.1) is 6.42 Å². The van der Waals surface area contributed by atoms with Crippen molar-refractivity contribution in [1.29, 1.82) is 0 Å². The maximum Gasteiger partial charge on any atom is 0.326 e. The zero-order chi connectivity index (χ0) is 14.5. The van der Waals surface area contributed by atoms with Gasteiger partial charge in [0.1, 0.15) is 5.82 Å². The average molecular weight is 273 g/mol. The van der Waals surface area contributed by atoms with Gasteiger partial charge < -0.3 is 10.6 Å². The second-order valence-electron chi connectivity index (χ2n) is 4.42. The minimum Gasteiger partial charge on any atom is -0.323 e. The molecule has 0 aliphatic carbocycles. The van der Waals surface area contributed by atoms with E-state index in [-0.39, 0.29) is 17.8 Å². The van der Waals surface area contributed by atoms with Crippen LogP contribution in [0.5, 0.6) is 0 Å². The molecule has 1 aromatic rings. The van der Waals surface area contributed by atoms with Gasteiger partial charge in [-0.2, -0.15) is 0 Å². The molecule has 1 fully saturated rings. The van der Waals surface area contributed by atoms with E-state index in [1.165, 1.54) is 6.07 Å². The quantitative estimate of drug-likeness (QED) is 0.434. The van der Waals surface area contributed by atoms with Gasteiger partial charge in [0.05, 0.1) is 6.54 Å². The summed E-state index contributed by atoms with van der Waals surface area (Å²) in [6.45, 7) is -0.260. The molecule has 0 saturated carbocycles. The van der Waals surface area contributed by atoms with Crippen LogP contribution in [0.25, 0.3) is 0 Å². The number of benzene rings is 1. The molecule has 1 spiro atoms. The molecule has 20 heavy (non-hydrogen) atoms. The smallest absolute Gasteiger partial charge is 0.323 e. The molecule has 1 saturated heterocycles. The van der Waals surface area contributed by atoms with E-state index in [0.717, 1.165) is 17.0 Å². The Bertz CT molecular complexity index is 709. The van der Waals surface area contributed by atoms with E-state index in [1.54, 1.807) is 0 Å². The molecule has 0 aromatic heterocycles. The van der Waals surface area contributed by atoms with Gasteiger partial charge in [0.25, 0.3) is 11.8 Å². The molecule has 4 amide bonds. The predicted molar refractivity (Wildman–Crippen MR) is 65.8 cm³/mol. The molecule has 2 aliphatic heterocycles. The minimum atomic E-state index is -1.93. The Balaban J connectivity index is 2.18. The van der Waals surface area contributed by atoms with E-state index in [4.69, 9.17) is 6.42 Å². The van der Waals surface area contributed by atoms with Crippen LogP contribution in [0.3, 0.4) is 0 Å². The van der Waals surface area contributed by atoms with Gasteiger partial charge in [-0.3, -0.25) is 9.59 Å². The van der Waals surface area contributed by atoms with Crippen molar-refractivity contribution >= 4 is 23.5 Å². The summed E-state index contributed by atoms with van der Waals surface area (Å²) in [5.41, 5.74) is -1.56. The van der Waals surface area contributed by atoms with Gasteiger partial charge in [-0.05, 0) is 18.2 Å². The van der Waals surface area contributed by atoms with Crippen LogP contribution >= 0.6 is 0 Å². The van der Waals surface area contributed by atoms with Crippen molar-refractivity contribution in [3.05, 3.63) is 29.6 Å². The molecular formula is C13H8FN3O3. The first-order chi connectivity index (χ1) is 9.50. The fourth-order valence-electron chi connectivity index (χ4n) is 2.42. The normalized spacial score (nSPS) is 23.6. The second-order valence-corrected chi connectivity index (χ2v) is 4.42. The monoisotopic (exact) mass is 273 g/mol. The summed E-state index contributed by atoms with van der Waals surface area (Å²) in [7, 11) is 0. The van der Waals surface area contributed by atoms with E-state index in [1.807, 2.05) is 0 Å². The van der Waals surface area contributed by atoms with Crippen LogP contribution in [0.1, 0.15) is 5.56 Å². The van der Waals surface area contributed by atoms with Crippen molar-refractivity contribution in [3.8, 4) is 12.3 Å². The third-order valence-corrected chi connectivity index (χ3v) is 3.33. The van der Waals surface area contributed by atoms with Crippen LogP contribution in [-0.4, -0.2) is 29.3 Å². The summed E-state index contributed by atoms with van der Waals surface area (Å²) in [6, 6.07) is 2.75. The van der Waals surface area contributed by atoms with E-state index in [9.17, 15) is 18.8 Å². The Morgan fingerprint density at radius 2 is 2.10 bits per heavy atom. The average Bonchev–Trinajstić information content (AvgIpc) is 2.82. The van der Waals surface area contributed by atoms with Crippen LogP contribution in [0.2, 0.25) is 0 Å². The zero-order valence-electron chi connectivity index (χ0n) is 10.1. The van der Waals surface area contributed by atoms with Gasteiger partial charge in [0.2, 0.25) is 5.54 Å². The lowest BCUT2D eigenvalue weighted by atomic mass is 9.91. The van der Waals surface area contributed by atoms with E-state index >= 15 is 0 Å². The molecule has 2 heterocycles. The number of imide groups is 1. The number of carbonyl (C=O) groups excluding carboxylic acids is 3. The molecule has 2 N–H and O–H groups in total. The lowest BCUT2D eigenvalue weighted by molar-refractivity contribution is -0.137. The fourth-order valence-corrected chi connectivity index (χ4v) is 2.42. The van der Waals surface area contributed by atoms with Crippen molar-refractivity contribution in [3.63, 3.8) is 0 Å². The highest BCUT2D eigenvalue weighted by Crippen LogP contribution is 2.40. The lowest BCUT2D eigenvalue weighted by Crippen LogP contribution is -2.49. The highest BCUT2D eigenvalue weighted by atomic mass is 19.1. The van der Waals surface area contributed by atoms with Crippen molar-refractivity contribution in [2.24, 2.45) is 0 Å². The van der Waals surface area contributed by atoms with E-state index in [2.05, 4.69) is 16.6 Å². The maximum atomic E-state index is 13.4. The number of amides is 4. The third kappa shape index (κ3) is 1.30. The summed E-state index contributed by atoms with van der Waals surface area (Å²) < 4.78 is 13.4. The van der Waals surface area contributed by atoms with Gasteiger partial charge >= 0.3 is 6.03 Å². The highest BCUT2D eigenvalue weighted by molar-refractivity contribution is 6.26. The lowest BCUT2D eigenvalue weighted by Gasteiger charge is -2.18. The molecular weight excluding hydrogens is 265 g/mol. The van der Waals surface area contributed by atoms with Crippen LogP contribution in [-0.2, 0) is 15.1 Å². The number of fused-ring (bicyclic) bond motifs is 2. The van der Waals surface area contributed by atoms with Gasteiger partial charge in [-0.1, -0.05) is 5.92 Å². The largest absolute Gasteiger partial charge is 0.326 e. The number of urea groups is 1. The molecule has 1 atom stereocenters. The molecule has 7 heteroatoms. The third-order valence-electron chi connectivity index (χ3n) is 3.33. The highest BCUT2D eigenvalue weighted by Gasteiger charge is 2.61. The number of nitrogens with one attached hydrogen (secondary N) is 2. The number of nitrogens with zero attached hydrogens (tertiary/aromatic N) is 1. The number of carbonyl (C=O) groups is 3. The molecule has 1 aromatic carbocycles. The van der Waals surface area contributed by atoms with Gasteiger partial charge in [0.15, 0.2) is 0 Å². The first kappa shape index (κ1) is 12.2. The first-order valence-corrected chi connectivity index (χ1v) is 5.70. The van der Waals surface area contributed by atoms with Crippen molar-refractivity contribution in [2.45, 2.75) is 5.54 Å². The van der Waals surface area contributed by atoms with E-state index < -0.39 is 29.2 Å². The van der Waals surface area contributed by atoms with Crippen molar-refractivity contribution in [1.82, 2.24) is 10.2 Å². The van der Waals surface area contributed by atoms with Crippen LogP contribution in [0.15, 0.2) is 18.2 Å². The topological polar surface area (TPSA) is 78.5 Å². The minimum absolute atomic E-state index is 0.0837. The molecule has 2 aliphatic rings. The Kier molecular flexibility index (Phi) is 2.32. The summed E-state index contributed by atoms with van der Waals surface area (Å²) in [4.78, 5) is 37.1. The molecule has 0 bridgehead atoms. The summed E-state index contributed by atoms with van der Waals surface area (Å²) >= 11 is 0. The van der Waals surface area contributed by atoms with Crippen LogP contribution in [0.4, 0.5) is 14.9 Å². The fraction of sp³-hybridized carbons (Fsp3) is 0.154. The summed E-state index contributed by atoms with van der Waals surface area (Å²) in [5.74, 6) is 0.0223. The van der Waals surface area contributed by atoms with Crippen molar-refractivity contribution in [2.75, 3.05) is 11.9 Å². The van der Waals surface area contributed by atoms with Crippen LogP contribution in [0, 0.1) is 18.2 Å². The number of hydrogen-bond acceptors (Lipinski definition) is 3. The Morgan fingerprint density at radius 1 is 1.35 bits per heavy atom. The maximum absolute atomic E-state index is 13.4. The number of hydrogen-bond donors (Lipinski definition) is 2. The Hall–Kier alpha value is -2.88. The Morgan fingerprint density at radius 3 is 2.80 bits per heavy atom. The predicted octanol–water partition coefficient (Wildman–Crippen LogP) is 0.158. The molecule has 3 rings (SSSR count). The summed E-state index contributed by atoms with van der Waals surface area (Å²) in [5, 5.41) is 4.76. The number of rotatable bonds is 1. The second kappa shape index (κ2) is 3.81. The Labute approximate surface area is 112 Å². The van der Waals surface area contributed by atoms with Gasteiger partial charge in [-0.25, -0.2) is 14.1 Å². The number of halogens is 1. The molecule has 100 valence electrons. The van der Waals surface area contributed by atoms with Crippen molar-refractivity contribution < 1.29 is 18.8 Å². The zero-order valence-corrected chi connectivity index (χ0v) is 10.1. The van der Waals surface area contributed by atoms with Crippen LogP contribution < -0.4 is 10.6 Å². The standard InChI is InChI=1S/C13H8FN3O3/c1-2-5-17-11(19)13(16-12(17)20)8-6-7(14)3-4-9(8)15-10(13)18/h1,3-4,6H,5H2,(H,15,18)(H,16,20). The van der Waals surface area contributed by atoms with E-state index in [0.29, 0.717) is 0 Å². The molecule has 1 unspecified atom stereocenters. The molecule has 6 nitrogen and oxygen atoms in total. The SMILES string of the molecule is C#CCN1C(=O)NC2(C(=O)Nc3ccc(F)cc32)C1=O. The van der Waals surface area contributed by atoms with Gasteiger partial charge in [0, 0.05) is 11.3 Å². The number of anilines is 1. The summed E-state index contributed by atoms with van der Waals surface area (Å²) in [6.07, 6.45) is 5.09. The molecule has 0 radical (unpaired) electrons.